The molecule has 0 aromatic heterocycles. The second-order valence-corrected chi connectivity index (χ2v) is 10.8. The number of hydrogen-bond acceptors (Lipinski definition) is 9. The molecule has 2 amide bonds. The first-order valence-corrected chi connectivity index (χ1v) is 12.0. The molecule has 174 valence electrons. The summed E-state index contributed by atoms with van der Waals surface area (Å²) in [5.41, 5.74) is 0. The van der Waals surface area contributed by atoms with E-state index < -0.39 is 17.7 Å². The first-order valence-electron chi connectivity index (χ1n) is 9.87. The van der Waals surface area contributed by atoms with Gasteiger partial charge in [0, 0.05) is 39.7 Å². The largest absolute Gasteiger partial charge is 0.391 e. The lowest BCUT2D eigenvalue weighted by Crippen LogP contribution is -2.53. The molecule has 30 heavy (non-hydrogen) atoms. The van der Waals surface area contributed by atoms with E-state index in [4.69, 9.17) is 18.9 Å². The van der Waals surface area contributed by atoms with E-state index in [9.17, 15) is 14.7 Å². The van der Waals surface area contributed by atoms with Crippen LogP contribution in [0.25, 0.3) is 0 Å². The first-order chi connectivity index (χ1) is 14.0. The first kappa shape index (κ1) is 25.7. The Bertz CT molecular complexity index is 539. The number of nitrogens with zero attached hydrogens (tertiary/aromatic N) is 2. The minimum Gasteiger partial charge on any atom is -0.391 e. The van der Waals surface area contributed by atoms with Crippen molar-refractivity contribution in [2.24, 2.45) is 0 Å². The van der Waals surface area contributed by atoms with Crippen molar-refractivity contribution in [1.82, 2.24) is 9.80 Å². The van der Waals surface area contributed by atoms with Crippen LogP contribution in [-0.4, -0.2) is 121 Å². The second kappa shape index (κ2) is 10.8. The fourth-order valence-electron chi connectivity index (χ4n) is 2.98. The minimum atomic E-state index is -1.24. The Morgan fingerprint density at radius 2 is 1.13 bits per heavy atom. The van der Waals surface area contributed by atoms with Crippen LogP contribution in [0.3, 0.4) is 0 Å². The molecule has 0 aromatic carbocycles. The fraction of sp³-hybridized carbons (Fsp3) is 0.895. The van der Waals surface area contributed by atoms with E-state index in [1.165, 1.54) is 9.80 Å². The van der Waals surface area contributed by atoms with Crippen molar-refractivity contribution >= 4 is 35.3 Å². The molecule has 2 heterocycles. The molecular weight excluding hydrogens is 432 g/mol. The summed E-state index contributed by atoms with van der Waals surface area (Å²) >= 11 is 3.14. The molecule has 0 saturated carbocycles. The molecule has 0 spiro atoms. The monoisotopic (exact) mass is 466 g/mol. The van der Waals surface area contributed by atoms with E-state index >= 15 is 0 Å². The maximum Gasteiger partial charge on any atom is 0.282 e. The molecule has 0 atom stereocenters. The van der Waals surface area contributed by atoms with Crippen LogP contribution in [0.15, 0.2) is 0 Å². The Labute approximate surface area is 187 Å². The molecule has 0 aliphatic carbocycles. The van der Waals surface area contributed by atoms with Crippen LogP contribution < -0.4 is 0 Å². The Hall–Kier alpha value is -0.560. The van der Waals surface area contributed by atoms with Gasteiger partial charge in [-0.25, -0.2) is 0 Å². The summed E-state index contributed by atoms with van der Waals surface area (Å²) in [4.78, 5) is 27.1. The van der Waals surface area contributed by atoms with Gasteiger partial charge in [0.2, 0.25) is 11.6 Å². The van der Waals surface area contributed by atoms with Gasteiger partial charge in [0.25, 0.3) is 11.8 Å². The lowest BCUT2D eigenvalue weighted by atomic mass is 10.2. The van der Waals surface area contributed by atoms with Crippen LogP contribution in [-0.2, 0) is 28.5 Å². The molecule has 0 radical (unpaired) electrons. The third-order valence-corrected chi connectivity index (χ3v) is 7.46. The molecular formula is C19H34N2O7S2. The van der Waals surface area contributed by atoms with Crippen molar-refractivity contribution < 1.29 is 33.6 Å². The predicted octanol–water partition coefficient (Wildman–Crippen LogP) is 0.253. The topological polar surface area (TPSA) is 97.8 Å². The van der Waals surface area contributed by atoms with E-state index in [1.807, 2.05) is 0 Å². The van der Waals surface area contributed by atoms with Gasteiger partial charge in [0.1, 0.15) is 0 Å². The van der Waals surface area contributed by atoms with E-state index in [0.717, 1.165) is 0 Å². The molecule has 2 saturated heterocycles. The van der Waals surface area contributed by atoms with E-state index in [-0.39, 0.29) is 22.3 Å². The highest BCUT2D eigenvalue weighted by Crippen LogP contribution is 2.29. The third kappa shape index (κ3) is 6.72. The van der Waals surface area contributed by atoms with Crippen LogP contribution in [0, 0.1) is 0 Å². The van der Waals surface area contributed by atoms with E-state index in [0.29, 0.717) is 37.9 Å². The quantitative estimate of drug-likeness (QED) is 0.540. The number of rotatable bonds is 8. The summed E-state index contributed by atoms with van der Waals surface area (Å²) in [6.45, 7) is 4.83. The Kier molecular flexibility index (Phi) is 9.29. The average Bonchev–Trinajstić information content (AvgIpc) is 2.71. The number of hydrogen-bond donors (Lipinski definition) is 1. The smallest absolute Gasteiger partial charge is 0.282 e. The van der Waals surface area contributed by atoms with Gasteiger partial charge in [-0.2, -0.15) is 23.5 Å². The molecule has 0 unspecified atom stereocenters. The van der Waals surface area contributed by atoms with Crippen molar-refractivity contribution in [3.8, 4) is 0 Å². The second-order valence-electron chi connectivity index (χ2n) is 8.10. The summed E-state index contributed by atoms with van der Waals surface area (Å²) < 4.78 is 22.6. The predicted molar refractivity (Wildman–Crippen MR) is 117 cm³/mol. The molecule has 2 aliphatic rings. The van der Waals surface area contributed by atoms with Crippen molar-refractivity contribution in [2.75, 3.05) is 66.1 Å². The molecule has 2 rings (SSSR count). The zero-order valence-electron chi connectivity index (χ0n) is 18.6. The number of thioether (sulfide) groups is 2. The fourth-order valence-corrected chi connectivity index (χ4v) is 5.01. The number of aliphatic hydroxyl groups excluding tert-OH is 1. The molecule has 2 aliphatic heterocycles. The number of carbonyl (C=O) groups excluding carboxylic acids is 2. The standard InChI is InChI=1S/C19H34N2O7S2/c1-18(16(23)20(3)4)25-7-14(8-26-18)29-11-13(22)12-30-15-9-27-19(2,28-10-15)17(24)21(5)6/h13-15,22H,7-12H2,1-6H3. The van der Waals surface area contributed by atoms with Gasteiger partial charge < -0.3 is 33.9 Å². The zero-order valence-corrected chi connectivity index (χ0v) is 20.2. The number of ether oxygens (including phenoxy) is 4. The van der Waals surface area contributed by atoms with E-state index in [2.05, 4.69) is 0 Å². The van der Waals surface area contributed by atoms with Crippen molar-refractivity contribution in [3.05, 3.63) is 0 Å². The summed E-state index contributed by atoms with van der Waals surface area (Å²) in [6, 6.07) is 0. The van der Waals surface area contributed by atoms with Crippen LogP contribution >= 0.6 is 23.5 Å². The minimum absolute atomic E-state index is 0.0618. The number of aliphatic hydroxyl groups is 1. The maximum atomic E-state index is 12.1. The summed E-state index contributed by atoms with van der Waals surface area (Å²) in [5, 5.41) is 10.4. The molecule has 0 bridgehead atoms. The molecule has 1 N–H and O–H groups in total. The Balaban J connectivity index is 1.64. The van der Waals surface area contributed by atoms with Crippen LogP contribution in [0.1, 0.15) is 13.8 Å². The van der Waals surface area contributed by atoms with Crippen molar-refractivity contribution in [1.29, 1.82) is 0 Å². The van der Waals surface area contributed by atoms with Crippen LogP contribution in [0.5, 0.6) is 0 Å². The number of likely N-dealkylation sites (N-methyl/N-ethyl adjacent to an activating group) is 2. The molecule has 0 aromatic rings. The molecule has 2 fully saturated rings. The third-order valence-electron chi connectivity index (χ3n) is 4.82. The van der Waals surface area contributed by atoms with Gasteiger partial charge in [-0.1, -0.05) is 0 Å². The Morgan fingerprint density at radius 1 is 0.833 bits per heavy atom. The zero-order chi connectivity index (χ0) is 22.5. The average molecular weight is 467 g/mol. The van der Waals surface area contributed by atoms with Gasteiger partial charge in [-0.05, 0) is 13.8 Å². The highest BCUT2D eigenvalue weighted by molar-refractivity contribution is 8.00. The number of carbonyl (C=O) groups is 2. The van der Waals surface area contributed by atoms with Crippen molar-refractivity contribution in [2.45, 2.75) is 42.0 Å². The summed E-state index contributed by atoms with van der Waals surface area (Å²) in [6.07, 6.45) is -0.506. The molecule has 11 heteroatoms. The van der Waals surface area contributed by atoms with Crippen LogP contribution in [0.4, 0.5) is 0 Å². The number of amides is 2. The van der Waals surface area contributed by atoms with Gasteiger partial charge in [0.15, 0.2) is 0 Å². The highest BCUT2D eigenvalue weighted by Gasteiger charge is 2.42. The van der Waals surface area contributed by atoms with Crippen LogP contribution in [0.2, 0.25) is 0 Å². The maximum absolute atomic E-state index is 12.1. The lowest BCUT2D eigenvalue weighted by Gasteiger charge is -2.38. The van der Waals surface area contributed by atoms with Crippen molar-refractivity contribution in [3.63, 3.8) is 0 Å². The van der Waals surface area contributed by atoms with Gasteiger partial charge in [-0.15, -0.1) is 0 Å². The lowest BCUT2D eigenvalue weighted by molar-refractivity contribution is -0.248. The van der Waals surface area contributed by atoms with E-state index in [1.54, 1.807) is 65.6 Å². The van der Waals surface area contributed by atoms with Gasteiger partial charge >= 0.3 is 0 Å². The SMILES string of the molecule is CN(C)C(=O)C1(C)OCC(SCC(O)CSC2COC(C)(C(=O)N(C)C)OC2)CO1. The highest BCUT2D eigenvalue weighted by atomic mass is 32.2. The Morgan fingerprint density at radius 3 is 1.40 bits per heavy atom. The normalized spacial score (nSPS) is 33.0. The summed E-state index contributed by atoms with van der Waals surface area (Å²) in [7, 11) is 6.66. The summed E-state index contributed by atoms with van der Waals surface area (Å²) in [5.74, 6) is -1.84. The molecule has 9 nitrogen and oxygen atoms in total. The van der Waals surface area contributed by atoms with Gasteiger partial charge in [0.05, 0.1) is 43.0 Å². The van der Waals surface area contributed by atoms with Gasteiger partial charge in [-0.3, -0.25) is 9.59 Å².